The number of benzene rings is 2. The van der Waals surface area contributed by atoms with Gasteiger partial charge in [-0.2, -0.15) is 0 Å². The van der Waals surface area contributed by atoms with Gasteiger partial charge in [-0.05, 0) is 49.9 Å². The van der Waals surface area contributed by atoms with E-state index in [1.807, 2.05) is 38.1 Å². The zero-order chi connectivity index (χ0) is 27.2. The second-order valence-electron chi connectivity index (χ2n) is 9.51. The van der Waals surface area contributed by atoms with Crippen LogP contribution < -0.4 is 14.4 Å². The van der Waals surface area contributed by atoms with Gasteiger partial charge in [0.05, 0.1) is 24.1 Å². The van der Waals surface area contributed by atoms with Gasteiger partial charge < -0.3 is 15.0 Å². The molecule has 1 fully saturated rings. The van der Waals surface area contributed by atoms with Crippen LogP contribution in [0.2, 0.25) is 5.02 Å². The molecule has 2 amide bonds. The number of rotatable bonds is 11. The first-order chi connectivity index (χ1) is 17.5. The summed E-state index contributed by atoms with van der Waals surface area (Å²) < 4.78 is 31.7. The monoisotopic (exact) mass is 549 g/mol. The predicted octanol–water partition coefficient (Wildman–Crippen LogP) is 4.29. The molecule has 0 bridgehead atoms. The average Bonchev–Trinajstić information content (AvgIpc) is 3.34. The molecule has 1 N–H and O–H groups in total. The summed E-state index contributed by atoms with van der Waals surface area (Å²) in [5.41, 5.74) is 2.12. The normalized spacial score (nSPS) is 14.7. The Kier molecular flexibility index (Phi) is 9.84. The molecule has 202 valence electrons. The number of amides is 2. The van der Waals surface area contributed by atoms with Crippen LogP contribution >= 0.6 is 11.6 Å². The molecule has 0 aliphatic heterocycles. The van der Waals surface area contributed by atoms with Crippen LogP contribution in [0.4, 0.5) is 5.69 Å². The highest BCUT2D eigenvalue weighted by Crippen LogP contribution is 2.30. The van der Waals surface area contributed by atoms with E-state index < -0.39 is 28.5 Å². The molecule has 2 aromatic rings. The zero-order valence-corrected chi connectivity index (χ0v) is 23.4. The number of ether oxygens (including phenoxy) is 1. The Bertz CT molecular complexity index is 1210. The summed E-state index contributed by atoms with van der Waals surface area (Å²) in [6.45, 7) is 3.52. The molecule has 2 aromatic carbocycles. The van der Waals surface area contributed by atoms with Gasteiger partial charge in [-0.1, -0.05) is 61.2 Å². The van der Waals surface area contributed by atoms with E-state index in [4.69, 9.17) is 16.3 Å². The van der Waals surface area contributed by atoms with Crippen molar-refractivity contribution in [1.29, 1.82) is 0 Å². The Balaban J connectivity index is 1.94. The van der Waals surface area contributed by atoms with Crippen molar-refractivity contribution in [1.82, 2.24) is 10.2 Å². The highest BCUT2D eigenvalue weighted by atomic mass is 35.5. The predicted molar refractivity (Wildman–Crippen MR) is 146 cm³/mol. The third-order valence-corrected chi connectivity index (χ3v) is 8.06. The number of hydrogen-bond donors (Lipinski definition) is 1. The minimum Gasteiger partial charge on any atom is -0.495 e. The Labute approximate surface area is 225 Å². The molecule has 37 heavy (non-hydrogen) atoms. The van der Waals surface area contributed by atoms with Crippen molar-refractivity contribution in [2.75, 3.05) is 24.2 Å². The van der Waals surface area contributed by atoms with Crippen molar-refractivity contribution in [2.45, 2.75) is 64.6 Å². The first-order valence-corrected chi connectivity index (χ1v) is 14.7. The molecule has 1 atom stereocenters. The number of carbonyl (C=O) groups is 2. The number of sulfonamides is 1. The Morgan fingerprint density at radius 1 is 1.16 bits per heavy atom. The lowest BCUT2D eigenvalue weighted by atomic mass is 10.1. The fourth-order valence-corrected chi connectivity index (χ4v) is 5.81. The molecule has 1 aliphatic rings. The summed E-state index contributed by atoms with van der Waals surface area (Å²) in [5.74, 6) is -0.304. The smallest absolute Gasteiger partial charge is 0.244 e. The standard InChI is InChI=1S/C27H36ClN3O5S/c1-5-24(27(33)29-21-11-6-7-12-21)30(17-20-10-8-9-19(2)15-20)26(32)18-31(37(4,34)35)22-13-14-25(36-3)23(28)16-22/h8-10,13-16,21,24H,5-7,11-12,17-18H2,1-4H3,(H,29,33)/t24-/m1/s1. The van der Waals surface area contributed by atoms with Crippen molar-refractivity contribution >= 4 is 39.1 Å². The highest BCUT2D eigenvalue weighted by Gasteiger charge is 2.33. The summed E-state index contributed by atoms with van der Waals surface area (Å²) in [4.78, 5) is 28.6. The number of aryl methyl sites for hydroxylation is 1. The molecule has 1 aliphatic carbocycles. The van der Waals surface area contributed by atoms with Crippen LogP contribution in [0.5, 0.6) is 5.75 Å². The van der Waals surface area contributed by atoms with Crippen LogP contribution in [-0.4, -0.2) is 57.1 Å². The van der Waals surface area contributed by atoms with Gasteiger partial charge in [0.15, 0.2) is 0 Å². The van der Waals surface area contributed by atoms with E-state index >= 15 is 0 Å². The van der Waals surface area contributed by atoms with Crippen LogP contribution in [0.15, 0.2) is 42.5 Å². The van der Waals surface area contributed by atoms with E-state index in [1.165, 1.54) is 24.1 Å². The number of carbonyl (C=O) groups excluding carboxylic acids is 2. The number of hydrogen-bond acceptors (Lipinski definition) is 5. The molecule has 0 spiro atoms. The summed E-state index contributed by atoms with van der Waals surface area (Å²) in [5, 5.41) is 3.32. The van der Waals surface area contributed by atoms with Gasteiger partial charge in [-0.3, -0.25) is 13.9 Å². The van der Waals surface area contributed by atoms with Crippen LogP contribution in [-0.2, 0) is 26.2 Å². The molecule has 3 rings (SSSR count). The third-order valence-electron chi connectivity index (χ3n) is 6.63. The summed E-state index contributed by atoms with van der Waals surface area (Å²) in [6, 6.07) is 11.6. The number of halogens is 1. The Morgan fingerprint density at radius 2 is 1.86 bits per heavy atom. The van der Waals surface area contributed by atoms with Crippen LogP contribution in [0.1, 0.15) is 50.2 Å². The van der Waals surface area contributed by atoms with E-state index in [0.717, 1.165) is 47.4 Å². The Morgan fingerprint density at radius 3 is 2.43 bits per heavy atom. The van der Waals surface area contributed by atoms with Crippen molar-refractivity contribution < 1.29 is 22.7 Å². The molecule has 0 unspecified atom stereocenters. The maximum absolute atomic E-state index is 13.8. The summed E-state index contributed by atoms with van der Waals surface area (Å²) >= 11 is 6.25. The molecular weight excluding hydrogens is 514 g/mol. The van der Waals surface area contributed by atoms with Gasteiger partial charge in [-0.25, -0.2) is 8.42 Å². The lowest BCUT2D eigenvalue weighted by molar-refractivity contribution is -0.140. The molecule has 10 heteroatoms. The molecular formula is C27H36ClN3O5S. The summed E-state index contributed by atoms with van der Waals surface area (Å²) in [7, 11) is -2.39. The van der Waals surface area contributed by atoms with E-state index in [9.17, 15) is 18.0 Å². The zero-order valence-electron chi connectivity index (χ0n) is 21.9. The van der Waals surface area contributed by atoms with E-state index in [-0.39, 0.29) is 29.2 Å². The minimum atomic E-state index is -3.85. The molecule has 0 aromatic heterocycles. The molecule has 0 radical (unpaired) electrons. The van der Waals surface area contributed by atoms with Gasteiger partial charge in [0.25, 0.3) is 0 Å². The number of anilines is 1. The third kappa shape index (κ3) is 7.61. The van der Waals surface area contributed by atoms with Crippen molar-refractivity contribution in [3.05, 3.63) is 58.6 Å². The van der Waals surface area contributed by atoms with Crippen LogP contribution in [0, 0.1) is 6.92 Å². The fraction of sp³-hybridized carbons (Fsp3) is 0.481. The maximum atomic E-state index is 13.8. The molecule has 8 nitrogen and oxygen atoms in total. The van der Waals surface area contributed by atoms with Gasteiger partial charge >= 0.3 is 0 Å². The van der Waals surface area contributed by atoms with Crippen LogP contribution in [0.25, 0.3) is 0 Å². The van der Waals surface area contributed by atoms with E-state index in [2.05, 4.69) is 5.32 Å². The van der Waals surface area contributed by atoms with E-state index in [1.54, 1.807) is 6.07 Å². The minimum absolute atomic E-state index is 0.103. The SMILES string of the molecule is CC[C@H](C(=O)NC1CCCC1)N(Cc1cccc(C)c1)C(=O)CN(c1ccc(OC)c(Cl)c1)S(C)(=O)=O. The second-order valence-corrected chi connectivity index (χ2v) is 11.8. The maximum Gasteiger partial charge on any atom is 0.244 e. The molecule has 1 saturated carbocycles. The van der Waals surface area contributed by atoms with Crippen molar-refractivity contribution in [3.8, 4) is 5.75 Å². The number of methoxy groups -OCH3 is 1. The average molecular weight is 550 g/mol. The first-order valence-electron chi connectivity index (χ1n) is 12.5. The number of nitrogens with one attached hydrogen (secondary N) is 1. The molecule has 0 heterocycles. The quantitative estimate of drug-likeness (QED) is 0.451. The van der Waals surface area contributed by atoms with Gasteiger partial charge in [0, 0.05) is 12.6 Å². The van der Waals surface area contributed by atoms with Crippen molar-refractivity contribution in [3.63, 3.8) is 0 Å². The highest BCUT2D eigenvalue weighted by molar-refractivity contribution is 7.92. The lowest BCUT2D eigenvalue weighted by Crippen LogP contribution is -2.53. The first kappa shape index (κ1) is 28.8. The van der Waals surface area contributed by atoms with E-state index in [0.29, 0.717) is 12.2 Å². The number of nitrogens with zero attached hydrogens (tertiary/aromatic N) is 2. The Hall–Kier alpha value is -2.78. The summed E-state index contributed by atoms with van der Waals surface area (Å²) in [6.07, 6.45) is 5.42. The van der Waals surface area contributed by atoms with Gasteiger partial charge in [0.1, 0.15) is 18.3 Å². The topological polar surface area (TPSA) is 96.0 Å². The molecule has 0 saturated heterocycles. The van der Waals surface area contributed by atoms with Gasteiger partial charge in [0.2, 0.25) is 21.8 Å². The van der Waals surface area contributed by atoms with Gasteiger partial charge in [-0.15, -0.1) is 0 Å². The van der Waals surface area contributed by atoms with Crippen molar-refractivity contribution in [2.24, 2.45) is 0 Å². The second kappa shape index (κ2) is 12.6. The fourth-order valence-electron chi connectivity index (χ4n) is 4.72. The lowest BCUT2D eigenvalue weighted by Gasteiger charge is -2.33. The van der Waals surface area contributed by atoms with Crippen LogP contribution in [0.3, 0.4) is 0 Å². The largest absolute Gasteiger partial charge is 0.495 e.